The van der Waals surface area contributed by atoms with E-state index in [1.807, 2.05) is 0 Å². The van der Waals surface area contributed by atoms with Crippen LogP contribution in [0.2, 0.25) is 10.0 Å². The molecule has 1 aliphatic heterocycles. The molecule has 1 fully saturated rings. The first kappa shape index (κ1) is 14.2. The van der Waals surface area contributed by atoms with Gasteiger partial charge >= 0.3 is 0 Å². The largest absolute Gasteiger partial charge is 0.345 e. The third-order valence-corrected chi connectivity index (χ3v) is 3.86. The predicted molar refractivity (Wildman–Crippen MR) is 74.1 cm³/mol. The van der Waals surface area contributed by atoms with Crippen molar-refractivity contribution in [1.82, 2.24) is 10.2 Å². The summed E-state index contributed by atoms with van der Waals surface area (Å²) >= 11 is 11.9. The van der Waals surface area contributed by atoms with Crippen molar-refractivity contribution >= 4 is 35.0 Å². The van der Waals surface area contributed by atoms with Crippen LogP contribution in [-0.4, -0.2) is 28.8 Å². The zero-order chi connectivity index (χ0) is 14.2. The fourth-order valence-corrected chi connectivity index (χ4v) is 2.48. The van der Waals surface area contributed by atoms with E-state index >= 15 is 0 Å². The molecule has 0 unspecified atom stereocenters. The Hall–Kier alpha value is -1.26. The van der Waals surface area contributed by atoms with Crippen molar-refractivity contribution in [3.8, 4) is 0 Å². The van der Waals surface area contributed by atoms with Gasteiger partial charge in [0, 0.05) is 16.6 Å². The quantitative estimate of drug-likeness (QED) is 0.910. The van der Waals surface area contributed by atoms with Crippen LogP contribution in [0.25, 0.3) is 0 Å². The summed E-state index contributed by atoms with van der Waals surface area (Å²) in [5.41, 5.74) is -0.125. The van der Waals surface area contributed by atoms with Crippen LogP contribution in [-0.2, 0) is 16.1 Å². The molecule has 0 atom stereocenters. The van der Waals surface area contributed by atoms with Crippen LogP contribution >= 0.6 is 23.2 Å². The van der Waals surface area contributed by atoms with Crippen molar-refractivity contribution in [2.45, 2.75) is 25.9 Å². The second kappa shape index (κ2) is 5.02. The van der Waals surface area contributed by atoms with Crippen LogP contribution in [0, 0.1) is 0 Å². The van der Waals surface area contributed by atoms with E-state index in [1.165, 1.54) is 4.90 Å². The lowest BCUT2D eigenvalue weighted by Crippen LogP contribution is -2.63. The molecule has 4 nitrogen and oxygen atoms in total. The fraction of sp³-hybridized carbons (Fsp3) is 0.385. The summed E-state index contributed by atoms with van der Waals surface area (Å²) in [7, 11) is 0. The van der Waals surface area contributed by atoms with Gasteiger partial charge in [-0.1, -0.05) is 29.3 Å². The molecule has 0 aliphatic carbocycles. The normalized spacial score (nSPS) is 18.4. The van der Waals surface area contributed by atoms with Gasteiger partial charge in [0.15, 0.2) is 0 Å². The molecule has 1 heterocycles. The summed E-state index contributed by atoms with van der Waals surface area (Å²) in [6, 6.07) is 5.10. The number of nitrogens with one attached hydrogen (secondary N) is 1. The number of hydrogen-bond acceptors (Lipinski definition) is 2. The van der Waals surface area contributed by atoms with E-state index in [4.69, 9.17) is 23.2 Å². The maximum Gasteiger partial charge on any atom is 0.245 e. The summed E-state index contributed by atoms with van der Waals surface area (Å²) in [6.45, 7) is 3.73. The number of piperazine rings is 1. The average Bonchev–Trinajstić information content (AvgIpc) is 2.32. The Kier molecular flexibility index (Phi) is 3.74. The van der Waals surface area contributed by atoms with Gasteiger partial charge in [-0.05, 0) is 31.5 Å². The number of hydrogen-bond donors (Lipinski definition) is 1. The van der Waals surface area contributed by atoms with Gasteiger partial charge in [-0.15, -0.1) is 0 Å². The summed E-state index contributed by atoms with van der Waals surface area (Å²) in [5.74, 6) is -0.298. The number of rotatable bonds is 2. The second-order valence-electron chi connectivity index (χ2n) is 4.96. The van der Waals surface area contributed by atoms with Gasteiger partial charge < -0.3 is 10.2 Å². The Morgan fingerprint density at radius 3 is 2.63 bits per heavy atom. The lowest BCUT2D eigenvalue weighted by molar-refractivity contribution is -0.152. The van der Waals surface area contributed by atoms with Gasteiger partial charge in [-0.25, -0.2) is 0 Å². The smallest absolute Gasteiger partial charge is 0.245 e. The number of carbonyl (C=O) groups is 2. The Morgan fingerprint density at radius 2 is 2.00 bits per heavy atom. The lowest BCUT2D eigenvalue weighted by Gasteiger charge is -2.41. The third-order valence-electron chi connectivity index (χ3n) is 3.28. The Labute approximate surface area is 121 Å². The monoisotopic (exact) mass is 300 g/mol. The topological polar surface area (TPSA) is 49.4 Å². The molecule has 19 heavy (non-hydrogen) atoms. The molecular formula is C13H14Cl2N2O2. The van der Waals surface area contributed by atoms with Gasteiger partial charge in [0.05, 0.1) is 6.54 Å². The molecule has 2 rings (SSSR count). The van der Waals surface area contributed by atoms with E-state index in [2.05, 4.69) is 5.32 Å². The predicted octanol–water partition coefficient (Wildman–Crippen LogP) is 2.23. The molecule has 102 valence electrons. The van der Waals surface area contributed by atoms with Crippen molar-refractivity contribution in [3.63, 3.8) is 0 Å². The highest BCUT2D eigenvalue weighted by molar-refractivity contribution is 6.35. The standard InChI is InChI=1S/C13H14Cl2N2O2/c1-13(2)12(19)16-6-11(18)17(13)7-8-3-4-9(14)5-10(8)15/h3-5H,6-7H2,1-2H3,(H,16,19). The molecule has 1 saturated heterocycles. The van der Waals surface area contributed by atoms with Crippen molar-refractivity contribution in [2.75, 3.05) is 6.54 Å². The van der Waals surface area contributed by atoms with Gasteiger partial charge in [-0.3, -0.25) is 9.59 Å². The first-order valence-electron chi connectivity index (χ1n) is 5.85. The molecule has 0 bridgehead atoms. The number of nitrogens with zero attached hydrogens (tertiary/aromatic N) is 1. The molecule has 0 radical (unpaired) electrons. The van der Waals surface area contributed by atoms with Crippen molar-refractivity contribution in [3.05, 3.63) is 33.8 Å². The van der Waals surface area contributed by atoms with Crippen LogP contribution in [0.1, 0.15) is 19.4 Å². The van der Waals surface area contributed by atoms with Crippen LogP contribution in [0.3, 0.4) is 0 Å². The SMILES string of the molecule is CC1(C)C(=O)NCC(=O)N1Cc1ccc(Cl)cc1Cl. The van der Waals surface area contributed by atoms with Gasteiger partial charge in [-0.2, -0.15) is 0 Å². The van der Waals surface area contributed by atoms with E-state index in [9.17, 15) is 9.59 Å². The molecule has 0 spiro atoms. The van der Waals surface area contributed by atoms with Crippen LogP contribution in [0.5, 0.6) is 0 Å². The molecule has 1 N–H and O–H groups in total. The zero-order valence-electron chi connectivity index (χ0n) is 10.7. The minimum atomic E-state index is -0.891. The number of benzene rings is 1. The van der Waals surface area contributed by atoms with Gasteiger partial charge in [0.1, 0.15) is 5.54 Å². The third kappa shape index (κ3) is 2.69. The van der Waals surface area contributed by atoms with E-state index in [0.29, 0.717) is 10.0 Å². The summed E-state index contributed by atoms with van der Waals surface area (Å²) < 4.78 is 0. The number of carbonyl (C=O) groups excluding carboxylic acids is 2. The van der Waals surface area contributed by atoms with Crippen molar-refractivity contribution in [2.24, 2.45) is 0 Å². The van der Waals surface area contributed by atoms with E-state index in [-0.39, 0.29) is 24.9 Å². The molecule has 0 saturated carbocycles. The Morgan fingerprint density at radius 1 is 1.32 bits per heavy atom. The van der Waals surface area contributed by atoms with Crippen LogP contribution < -0.4 is 5.32 Å². The summed E-state index contributed by atoms with van der Waals surface area (Å²) in [5, 5.41) is 3.60. The Balaban J connectivity index is 2.29. The van der Waals surface area contributed by atoms with E-state index < -0.39 is 5.54 Å². The average molecular weight is 301 g/mol. The maximum atomic E-state index is 12.0. The molecule has 1 aliphatic rings. The van der Waals surface area contributed by atoms with Gasteiger partial charge in [0.2, 0.25) is 11.8 Å². The lowest BCUT2D eigenvalue weighted by atomic mass is 9.97. The minimum absolute atomic E-state index is 0.0213. The summed E-state index contributed by atoms with van der Waals surface area (Å²) in [4.78, 5) is 25.4. The molecule has 2 amide bonds. The highest BCUT2D eigenvalue weighted by Crippen LogP contribution is 2.26. The number of halogens is 2. The first-order chi connectivity index (χ1) is 8.82. The van der Waals surface area contributed by atoms with Crippen molar-refractivity contribution in [1.29, 1.82) is 0 Å². The van der Waals surface area contributed by atoms with Crippen LogP contribution in [0.15, 0.2) is 18.2 Å². The number of amides is 2. The first-order valence-corrected chi connectivity index (χ1v) is 6.60. The molecular weight excluding hydrogens is 287 g/mol. The van der Waals surface area contributed by atoms with E-state index in [0.717, 1.165) is 5.56 Å². The Bertz CT molecular complexity index is 543. The maximum absolute atomic E-state index is 12.0. The van der Waals surface area contributed by atoms with Crippen molar-refractivity contribution < 1.29 is 9.59 Å². The van der Waals surface area contributed by atoms with Crippen LogP contribution in [0.4, 0.5) is 0 Å². The second-order valence-corrected chi connectivity index (χ2v) is 5.80. The zero-order valence-corrected chi connectivity index (χ0v) is 12.2. The molecule has 6 heteroatoms. The molecule has 1 aromatic carbocycles. The minimum Gasteiger partial charge on any atom is -0.345 e. The van der Waals surface area contributed by atoms with E-state index in [1.54, 1.807) is 32.0 Å². The fourth-order valence-electron chi connectivity index (χ4n) is 2.01. The molecule has 0 aromatic heterocycles. The summed E-state index contributed by atoms with van der Waals surface area (Å²) in [6.07, 6.45) is 0. The highest BCUT2D eigenvalue weighted by atomic mass is 35.5. The molecule has 1 aromatic rings. The highest BCUT2D eigenvalue weighted by Gasteiger charge is 2.41. The van der Waals surface area contributed by atoms with Gasteiger partial charge in [0.25, 0.3) is 0 Å².